The Morgan fingerprint density at radius 3 is 2.88 bits per heavy atom. The number of nitrogens with zero attached hydrogens (tertiary/aromatic N) is 2. The second-order valence-electron chi connectivity index (χ2n) is 6.16. The maximum atomic E-state index is 12.3. The first-order valence-corrected chi connectivity index (χ1v) is 9.12. The van der Waals surface area contributed by atoms with Gasteiger partial charge in [0.25, 0.3) is 5.91 Å². The van der Waals surface area contributed by atoms with Crippen LogP contribution in [0.4, 0.5) is 5.69 Å². The summed E-state index contributed by atoms with van der Waals surface area (Å²) >= 11 is 1.36. The number of hydrogen-bond donors (Lipinski definition) is 1. The zero-order chi connectivity index (χ0) is 18.1. The Balaban J connectivity index is 1.63. The lowest BCUT2D eigenvalue weighted by Gasteiger charge is -2.04. The van der Waals surface area contributed by atoms with Gasteiger partial charge >= 0.3 is 0 Å². The predicted octanol–water partition coefficient (Wildman–Crippen LogP) is 4.74. The van der Waals surface area contributed by atoms with Crippen LogP contribution in [0.2, 0.25) is 0 Å². The Bertz CT molecular complexity index is 1090. The van der Waals surface area contributed by atoms with Gasteiger partial charge < -0.3 is 5.32 Å². The Morgan fingerprint density at radius 1 is 1.12 bits per heavy atom. The monoisotopic (exact) mass is 359 g/mol. The fourth-order valence-electron chi connectivity index (χ4n) is 2.78. The van der Waals surface area contributed by atoms with Crippen molar-refractivity contribution in [3.8, 4) is 0 Å². The maximum absolute atomic E-state index is 12.3. The smallest absolute Gasteiger partial charge is 0.264 e. The normalized spacial score (nSPS) is 17.2. The molecule has 0 radical (unpaired) electrons. The highest BCUT2D eigenvalue weighted by atomic mass is 32.2. The van der Waals surface area contributed by atoms with E-state index in [9.17, 15) is 4.79 Å². The molecule has 0 atom stereocenters. The van der Waals surface area contributed by atoms with Crippen LogP contribution < -0.4 is 5.32 Å². The van der Waals surface area contributed by atoms with Crippen LogP contribution in [0.5, 0.6) is 0 Å². The van der Waals surface area contributed by atoms with Crippen LogP contribution in [0.3, 0.4) is 0 Å². The van der Waals surface area contributed by atoms with Gasteiger partial charge in [-0.25, -0.2) is 4.99 Å². The quantitative estimate of drug-likeness (QED) is 0.672. The summed E-state index contributed by atoms with van der Waals surface area (Å²) in [5.74, 6) is -0.120. The minimum Gasteiger partial charge on any atom is -0.300 e. The van der Waals surface area contributed by atoms with Crippen molar-refractivity contribution < 1.29 is 4.79 Å². The van der Waals surface area contributed by atoms with Crippen LogP contribution >= 0.6 is 11.8 Å². The zero-order valence-corrected chi connectivity index (χ0v) is 15.3. The molecule has 0 spiro atoms. The number of hydrogen-bond acceptors (Lipinski definition) is 4. The molecule has 128 valence electrons. The second-order valence-corrected chi connectivity index (χ2v) is 7.19. The number of aryl methyl sites for hydroxylation is 1. The summed E-state index contributed by atoms with van der Waals surface area (Å²) in [5.41, 5.74) is 5.09. The molecule has 1 aromatic heterocycles. The Kier molecular flexibility index (Phi) is 4.31. The van der Waals surface area contributed by atoms with Gasteiger partial charge in [0.15, 0.2) is 5.17 Å². The number of fused-ring (bicyclic) bond motifs is 1. The summed E-state index contributed by atoms with van der Waals surface area (Å²) in [6.45, 7) is 4.09. The average Bonchev–Trinajstić information content (AvgIpc) is 2.98. The molecule has 1 saturated heterocycles. The van der Waals surface area contributed by atoms with Crippen molar-refractivity contribution in [3.05, 3.63) is 76.3 Å². The van der Waals surface area contributed by atoms with E-state index >= 15 is 0 Å². The molecule has 26 heavy (non-hydrogen) atoms. The molecular formula is C21H17N3OS. The lowest BCUT2D eigenvalue weighted by molar-refractivity contribution is -0.115. The van der Waals surface area contributed by atoms with Crippen molar-refractivity contribution in [3.63, 3.8) is 0 Å². The van der Waals surface area contributed by atoms with E-state index < -0.39 is 0 Å². The number of carbonyl (C=O) groups excluding carboxylic acids is 1. The van der Waals surface area contributed by atoms with E-state index in [1.165, 1.54) is 17.3 Å². The van der Waals surface area contributed by atoms with Crippen molar-refractivity contribution >= 4 is 45.5 Å². The van der Waals surface area contributed by atoms with Gasteiger partial charge in [-0.1, -0.05) is 24.3 Å². The number of amides is 1. The standard InChI is InChI=1S/C21H17N3OS/c1-13-5-3-7-17(14(13)2)23-21-24-20(25)19(26-21)12-15-8-9-18-16(11-15)6-4-10-22-18/h3-12H,1-2H3,(H,23,24,25). The van der Waals surface area contributed by atoms with Crippen LogP contribution in [0.25, 0.3) is 17.0 Å². The van der Waals surface area contributed by atoms with Crippen LogP contribution in [0, 0.1) is 13.8 Å². The third-order valence-electron chi connectivity index (χ3n) is 4.37. The molecule has 4 rings (SSSR count). The minimum atomic E-state index is -0.120. The number of pyridine rings is 1. The fraction of sp³-hybridized carbons (Fsp3) is 0.0952. The molecule has 0 aliphatic carbocycles. The molecule has 3 aromatic rings. The highest BCUT2D eigenvalue weighted by molar-refractivity contribution is 8.18. The maximum Gasteiger partial charge on any atom is 0.264 e. The topological polar surface area (TPSA) is 54.4 Å². The lowest BCUT2D eigenvalue weighted by atomic mass is 10.1. The largest absolute Gasteiger partial charge is 0.300 e. The summed E-state index contributed by atoms with van der Waals surface area (Å²) in [6, 6.07) is 15.9. The number of thioether (sulfide) groups is 1. The van der Waals surface area contributed by atoms with Crippen LogP contribution in [0.1, 0.15) is 16.7 Å². The first kappa shape index (κ1) is 16.5. The van der Waals surface area contributed by atoms with Crippen LogP contribution in [-0.4, -0.2) is 16.1 Å². The first-order chi connectivity index (χ1) is 12.6. The molecule has 1 N–H and O–H groups in total. The molecule has 1 amide bonds. The Hall–Kier alpha value is -2.92. The molecular weight excluding hydrogens is 342 g/mol. The summed E-state index contributed by atoms with van der Waals surface area (Å²) < 4.78 is 0. The zero-order valence-electron chi connectivity index (χ0n) is 14.5. The highest BCUT2D eigenvalue weighted by Gasteiger charge is 2.24. The summed E-state index contributed by atoms with van der Waals surface area (Å²) in [7, 11) is 0. The average molecular weight is 359 g/mol. The molecule has 0 bridgehead atoms. The highest BCUT2D eigenvalue weighted by Crippen LogP contribution is 2.30. The van der Waals surface area contributed by atoms with Gasteiger partial charge in [-0.3, -0.25) is 9.78 Å². The van der Waals surface area contributed by atoms with E-state index in [0.29, 0.717) is 10.1 Å². The van der Waals surface area contributed by atoms with Gasteiger partial charge in [-0.2, -0.15) is 0 Å². The molecule has 1 fully saturated rings. The second kappa shape index (κ2) is 6.77. The van der Waals surface area contributed by atoms with E-state index in [2.05, 4.69) is 28.3 Å². The molecule has 4 nitrogen and oxygen atoms in total. The van der Waals surface area contributed by atoms with Crippen molar-refractivity contribution in [2.45, 2.75) is 13.8 Å². The summed E-state index contributed by atoms with van der Waals surface area (Å²) in [6.07, 6.45) is 3.66. The molecule has 2 heterocycles. The SMILES string of the molecule is Cc1cccc(N=C2NC(=O)C(=Cc3ccc4ncccc4c3)S2)c1C. The van der Waals surface area contributed by atoms with Gasteiger partial charge in [-0.15, -0.1) is 0 Å². The molecule has 1 aliphatic rings. The third kappa shape index (κ3) is 3.26. The molecule has 5 heteroatoms. The van der Waals surface area contributed by atoms with Gasteiger partial charge in [0.05, 0.1) is 16.1 Å². The van der Waals surface area contributed by atoms with Crippen LogP contribution in [-0.2, 0) is 4.79 Å². The number of carbonyl (C=O) groups is 1. The first-order valence-electron chi connectivity index (χ1n) is 8.31. The Labute approximate surface area is 156 Å². The molecule has 2 aromatic carbocycles. The number of benzene rings is 2. The van der Waals surface area contributed by atoms with E-state index in [-0.39, 0.29) is 5.91 Å². The van der Waals surface area contributed by atoms with Gasteiger partial charge in [-0.05, 0) is 72.6 Å². The summed E-state index contributed by atoms with van der Waals surface area (Å²) in [5, 5.41) is 4.51. The summed E-state index contributed by atoms with van der Waals surface area (Å²) in [4.78, 5) is 21.9. The van der Waals surface area contributed by atoms with Crippen molar-refractivity contribution in [2.75, 3.05) is 0 Å². The van der Waals surface area contributed by atoms with Crippen molar-refractivity contribution in [2.24, 2.45) is 4.99 Å². The fourth-order valence-corrected chi connectivity index (χ4v) is 3.62. The number of aromatic nitrogens is 1. The third-order valence-corrected chi connectivity index (χ3v) is 5.28. The number of nitrogens with one attached hydrogen (secondary N) is 1. The Morgan fingerprint density at radius 2 is 2.00 bits per heavy atom. The molecule has 0 saturated carbocycles. The van der Waals surface area contributed by atoms with E-state index in [0.717, 1.165) is 27.7 Å². The van der Waals surface area contributed by atoms with Gasteiger partial charge in [0, 0.05) is 11.6 Å². The van der Waals surface area contributed by atoms with Crippen molar-refractivity contribution in [1.82, 2.24) is 10.3 Å². The van der Waals surface area contributed by atoms with Crippen molar-refractivity contribution in [1.29, 1.82) is 0 Å². The minimum absolute atomic E-state index is 0.120. The lowest BCUT2D eigenvalue weighted by Crippen LogP contribution is -2.19. The molecule has 1 aliphatic heterocycles. The predicted molar refractivity (Wildman–Crippen MR) is 108 cm³/mol. The number of aliphatic imine (C=N–C) groups is 1. The number of rotatable bonds is 2. The van der Waals surface area contributed by atoms with E-state index in [1.54, 1.807) is 6.20 Å². The molecule has 0 unspecified atom stereocenters. The van der Waals surface area contributed by atoms with Gasteiger partial charge in [0.2, 0.25) is 0 Å². The number of amidine groups is 1. The van der Waals surface area contributed by atoms with Crippen LogP contribution in [0.15, 0.2) is 64.6 Å². The van der Waals surface area contributed by atoms with Gasteiger partial charge in [0.1, 0.15) is 0 Å². The van der Waals surface area contributed by atoms with E-state index in [4.69, 9.17) is 0 Å². The van der Waals surface area contributed by atoms with E-state index in [1.807, 2.05) is 55.5 Å².